The number of carbonyl (C=O) groups is 1. The molecule has 0 aliphatic heterocycles. The molecule has 0 N–H and O–H groups in total. The van der Waals surface area contributed by atoms with Gasteiger partial charge in [0.15, 0.2) is 0 Å². The Labute approximate surface area is 84.1 Å². The summed E-state index contributed by atoms with van der Waals surface area (Å²) < 4.78 is 10.5. The molecular weight excluding hydrogens is 202 g/mol. The lowest BCUT2D eigenvalue weighted by Crippen LogP contribution is -2.35. The highest BCUT2D eigenvalue weighted by atomic mass is 28.4. The first kappa shape index (κ1) is 13.1. The third-order valence-electron chi connectivity index (χ3n) is 2.04. The molecular formula is C7H15N3O3Si. The van der Waals surface area contributed by atoms with Crippen LogP contribution in [-0.4, -0.2) is 28.7 Å². The van der Waals surface area contributed by atoms with E-state index in [4.69, 9.17) is 14.4 Å². The molecule has 0 saturated heterocycles. The van der Waals surface area contributed by atoms with Crippen molar-refractivity contribution in [3.63, 3.8) is 0 Å². The minimum Gasteiger partial charge on any atom is -0.398 e. The van der Waals surface area contributed by atoms with Gasteiger partial charge in [0.1, 0.15) is 0 Å². The molecule has 0 rings (SSSR count). The number of amides is 1. The van der Waals surface area contributed by atoms with Crippen LogP contribution in [0.4, 0.5) is 0 Å². The SMILES string of the molecule is CO[Si](C)(CCCC(=O)N=[N+]=[N-])OC. The Morgan fingerprint density at radius 1 is 1.50 bits per heavy atom. The molecule has 0 aromatic heterocycles. The number of rotatable bonds is 6. The van der Waals surface area contributed by atoms with E-state index in [-0.39, 0.29) is 6.42 Å². The van der Waals surface area contributed by atoms with Crippen molar-refractivity contribution >= 4 is 14.5 Å². The van der Waals surface area contributed by atoms with E-state index >= 15 is 0 Å². The van der Waals surface area contributed by atoms with Crippen molar-refractivity contribution in [2.24, 2.45) is 5.11 Å². The molecule has 0 radical (unpaired) electrons. The second kappa shape index (κ2) is 6.55. The van der Waals surface area contributed by atoms with E-state index in [1.165, 1.54) is 0 Å². The summed E-state index contributed by atoms with van der Waals surface area (Å²) in [6, 6.07) is 0.715. The van der Waals surface area contributed by atoms with Crippen molar-refractivity contribution in [2.75, 3.05) is 14.2 Å². The molecule has 0 saturated carbocycles. The summed E-state index contributed by atoms with van der Waals surface area (Å²) in [5.41, 5.74) is 7.99. The molecule has 6 nitrogen and oxygen atoms in total. The maximum atomic E-state index is 10.8. The number of hydrogen-bond acceptors (Lipinski definition) is 3. The van der Waals surface area contributed by atoms with Gasteiger partial charge in [-0.1, -0.05) is 0 Å². The Balaban J connectivity index is 3.83. The minimum atomic E-state index is -2.07. The van der Waals surface area contributed by atoms with Crippen LogP contribution in [0.1, 0.15) is 12.8 Å². The van der Waals surface area contributed by atoms with Crippen LogP contribution in [-0.2, 0) is 13.6 Å². The first-order valence-electron chi connectivity index (χ1n) is 4.26. The van der Waals surface area contributed by atoms with E-state index in [0.717, 1.165) is 0 Å². The highest BCUT2D eigenvalue weighted by molar-refractivity contribution is 6.65. The third-order valence-corrected chi connectivity index (χ3v) is 5.03. The summed E-state index contributed by atoms with van der Waals surface area (Å²) in [5, 5.41) is 2.97. The third kappa shape index (κ3) is 4.98. The maximum absolute atomic E-state index is 10.8. The van der Waals surface area contributed by atoms with Crippen LogP contribution in [0, 0.1) is 0 Å². The van der Waals surface area contributed by atoms with Gasteiger partial charge < -0.3 is 8.85 Å². The van der Waals surface area contributed by atoms with Crippen molar-refractivity contribution in [3.8, 4) is 0 Å². The zero-order valence-electron chi connectivity index (χ0n) is 8.69. The van der Waals surface area contributed by atoms with Crippen LogP contribution in [0.2, 0.25) is 12.6 Å². The van der Waals surface area contributed by atoms with Crippen molar-refractivity contribution < 1.29 is 13.6 Å². The first-order valence-corrected chi connectivity index (χ1v) is 6.78. The molecule has 14 heavy (non-hydrogen) atoms. The lowest BCUT2D eigenvalue weighted by Gasteiger charge is -2.22. The van der Waals surface area contributed by atoms with Gasteiger partial charge in [0.25, 0.3) is 0 Å². The Morgan fingerprint density at radius 3 is 2.50 bits per heavy atom. The van der Waals surface area contributed by atoms with Gasteiger partial charge in [0, 0.05) is 25.6 Å². The monoisotopic (exact) mass is 217 g/mol. The quantitative estimate of drug-likeness (QED) is 0.295. The lowest BCUT2D eigenvalue weighted by atomic mass is 10.3. The van der Waals surface area contributed by atoms with E-state index in [9.17, 15) is 4.79 Å². The van der Waals surface area contributed by atoms with E-state index in [0.29, 0.717) is 12.5 Å². The predicted octanol–water partition coefficient (Wildman–Crippen LogP) is 1.97. The van der Waals surface area contributed by atoms with Gasteiger partial charge in [0.05, 0.1) is 0 Å². The second-order valence-electron chi connectivity index (χ2n) is 2.98. The van der Waals surface area contributed by atoms with Crippen LogP contribution in [0.25, 0.3) is 10.4 Å². The van der Waals surface area contributed by atoms with E-state index < -0.39 is 14.5 Å². The fourth-order valence-corrected chi connectivity index (χ4v) is 2.34. The largest absolute Gasteiger partial charge is 0.398 e. The van der Waals surface area contributed by atoms with Gasteiger partial charge in [-0.2, -0.15) is 0 Å². The van der Waals surface area contributed by atoms with E-state index in [2.05, 4.69) is 10.0 Å². The maximum Gasteiger partial charge on any atom is 0.334 e. The smallest absolute Gasteiger partial charge is 0.334 e. The number of carbonyl (C=O) groups excluding carboxylic acids is 1. The van der Waals surface area contributed by atoms with Crippen molar-refractivity contribution in [1.82, 2.24) is 0 Å². The van der Waals surface area contributed by atoms with Crippen LogP contribution >= 0.6 is 0 Å². The molecule has 0 aromatic rings. The molecule has 0 aliphatic carbocycles. The lowest BCUT2D eigenvalue weighted by molar-refractivity contribution is -0.118. The average Bonchev–Trinajstić information content (AvgIpc) is 2.18. The van der Waals surface area contributed by atoms with Gasteiger partial charge in [-0.3, -0.25) is 4.79 Å². The Kier molecular flexibility index (Phi) is 6.14. The molecule has 0 aromatic carbocycles. The van der Waals surface area contributed by atoms with Crippen molar-refractivity contribution in [3.05, 3.63) is 10.4 Å². The highest BCUT2D eigenvalue weighted by Crippen LogP contribution is 2.15. The van der Waals surface area contributed by atoms with Gasteiger partial charge in [-0.15, -0.1) is 0 Å². The molecule has 0 fully saturated rings. The molecule has 0 atom stereocenters. The Bertz CT molecular complexity index is 236. The predicted molar refractivity (Wildman–Crippen MR) is 53.8 cm³/mol. The molecule has 0 heterocycles. The Hall–Kier alpha value is -0.883. The summed E-state index contributed by atoms with van der Waals surface area (Å²) in [5.74, 6) is -0.434. The van der Waals surface area contributed by atoms with Gasteiger partial charge in [0.2, 0.25) is 5.91 Å². The highest BCUT2D eigenvalue weighted by Gasteiger charge is 2.27. The minimum absolute atomic E-state index is 0.249. The number of nitrogens with zero attached hydrogens (tertiary/aromatic N) is 3. The van der Waals surface area contributed by atoms with Crippen LogP contribution in [0.15, 0.2) is 5.11 Å². The summed E-state index contributed by atoms with van der Waals surface area (Å²) in [6.07, 6.45) is 0.877. The molecule has 0 spiro atoms. The first-order chi connectivity index (χ1) is 6.58. The van der Waals surface area contributed by atoms with Crippen LogP contribution in [0.5, 0.6) is 0 Å². The van der Waals surface area contributed by atoms with E-state index in [1.807, 2.05) is 6.55 Å². The fourth-order valence-electron chi connectivity index (χ4n) is 0.948. The van der Waals surface area contributed by atoms with Gasteiger partial charge in [-0.05, 0) is 29.7 Å². The standard InChI is InChI=1S/C7H15N3O3Si/c1-12-14(3,13-2)6-4-5-7(11)9-10-8/h4-6H2,1-3H3. The zero-order chi connectivity index (χ0) is 11.0. The second-order valence-corrected chi connectivity index (χ2v) is 6.56. The topological polar surface area (TPSA) is 84.3 Å². The summed E-state index contributed by atoms with van der Waals surface area (Å²) >= 11 is 0. The summed E-state index contributed by atoms with van der Waals surface area (Å²) in [4.78, 5) is 13.2. The average molecular weight is 217 g/mol. The zero-order valence-corrected chi connectivity index (χ0v) is 9.69. The molecule has 0 aliphatic rings. The summed E-state index contributed by atoms with van der Waals surface area (Å²) in [7, 11) is 1.13. The molecule has 0 bridgehead atoms. The fraction of sp³-hybridized carbons (Fsp3) is 0.857. The molecule has 0 unspecified atom stereocenters. The molecule has 80 valence electrons. The summed E-state index contributed by atoms with van der Waals surface area (Å²) in [6.45, 7) is 1.92. The number of hydrogen-bond donors (Lipinski definition) is 0. The van der Waals surface area contributed by atoms with Gasteiger partial charge in [-0.25, -0.2) is 0 Å². The van der Waals surface area contributed by atoms with Crippen molar-refractivity contribution in [1.29, 1.82) is 0 Å². The van der Waals surface area contributed by atoms with Gasteiger partial charge >= 0.3 is 8.56 Å². The Morgan fingerprint density at radius 2 is 2.07 bits per heavy atom. The van der Waals surface area contributed by atoms with Crippen LogP contribution in [0.3, 0.4) is 0 Å². The molecule has 1 amide bonds. The number of azide groups is 1. The molecule has 7 heteroatoms. The van der Waals surface area contributed by atoms with Crippen molar-refractivity contribution in [2.45, 2.75) is 25.4 Å². The van der Waals surface area contributed by atoms with E-state index in [1.54, 1.807) is 14.2 Å². The van der Waals surface area contributed by atoms with Crippen LogP contribution < -0.4 is 0 Å². The normalized spacial score (nSPS) is 10.8.